The Hall–Kier alpha value is -5.53. The summed E-state index contributed by atoms with van der Waals surface area (Å²) >= 11 is 0. The molecule has 3 aromatic rings. The minimum Gasteiger partial charge on any atom is -0.857 e. The first-order chi connectivity index (χ1) is 27.4. The molecule has 2 aliphatic carbocycles. The van der Waals surface area contributed by atoms with Crippen molar-refractivity contribution >= 4 is 46.9 Å². The topological polar surface area (TPSA) is 268 Å². The Morgan fingerprint density at radius 2 is 1.65 bits per heavy atom. The van der Waals surface area contributed by atoms with Gasteiger partial charge in [-0.25, -0.2) is 14.9 Å². The van der Waals surface area contributed by atoms with E-state index < -0.39 is 72.4 Å². The molecule has 17 heteroatoms. The van der Waals surface area contributed by atoms with E-state index in [4.69, 9.17) is 19.6 Å². The average Bonchev–Trinajstić information content (AvgIpc) is 3.84. The molecule has 1 unspecified atom stereocenters. The Bertz CT molecular complexity index is 2270. The second-order valence-corrected chi connectivity index (χ2v) is 14.7. The van der Waals surface area contributed by atoms with Gasteiger partial charge in [0.1, 0.15) is 43.0 Å². The SMILES string of the molecule is N=C1N=C([O-])C2=NC[NH+](c3ccccc3Cc3cc4c(c(OC[C@H](O)CC=O)c3O[C@@H]3O[C@@H](C5(O)CCCC5)[C@H](O)[C@@H](O)[C@@H]3O)C(=O)c3ccccc3C4=O)C2=N1. The number of aliphatic hydroxyl groups excluding tert-OH is 4. The van der Waals surface area contributed by atoms with Gasteiger partial charge in [0.05, 0.1) is 17.3 Å². The predicted octanol–water partition coefficient (Wildman–Crippen LogP) is -1.09. The van der Waals surface area contributed by atoms with Crippen LogP contribution >= 0.6 is 0 Å². The molecule has 0 amide bonds. The van der Waals surface area contributed by atoms with Crippen LogP contribution in [0.4, 0.5) is 5.69 Å². The Morgan fingerprint density at radius 1 is 0.947 bits per heavy atom. The van der Waals surface area contributed by atoms with Crippen LogP contribution in [0.25, 0.3) is 0 Å². The van der Waals surface area contributed by atoms with Crippen molar-refractivity contribution in [1.82, 2.24) is 0 Å². The van der Waals surface area contributed by atoms with Gasteiger partial charge in [0.15, 0.2) is 35.4 Å². The Morgan fingerprint density at radius 3 is 2.39 bits per heavy atom. The lowest BCUT2D eigenvalue weighted by atomic mass is 9.81. The lowest BCUT2D eigenvalue weighted by Gasteiger charge is -2.45. The zero-order valence-electron chi connectivity index (χ0n) is 30.3. The van der Waals surface area contributed by atoms with E-state index in [-0.39, 0.29) is 83.2 Å². The lowest BCUT2D eigenvalue weighted by Crippen LogP contribution is -3.09. The molecule has 296 valence electrons. The predicted molar refractivity (Wildman–Crippen MR) is 197 cm³/mol. The van der Waals surface area contributed by atoms with Gasteiger partial charge in [0.25, 0.3) is 5.84 Å². The van der Waals surface area contributed by atoms with Crippen molar-refractivity contribution in [2.75, 3.05) is 13.3 Å². The molecule has 2 fully saturated rings. The number of aliphatic hydroxyl groups is 5. The Kier molecular flexibility index (Phi) is 10.2. The largest absolute Gasteiger partial charge is 0.857 e. The van der Waals surface area contributed by atoms with Crippen LogP contribution < -0.4 is 19.5 Å². The van der Waals surface area contributed by atoms with Gasteiger partial charge in [-0.3, -0.25) is 15.0 Å². The molecule has 3 aromatic carbocycles. The number of carbonyl (C=O) groups excluding carboxylic acids is 3. The number of para-hydroxylation sites is 1. The first kappa shape index (κ1) is 38.3. The number of rotatable bonds is 11. The number of ether oxygens (including phenoxy) is 3. The number of nitrogens with one attached hydrogen (secondary N) is 2. The van der Waals surface area contributed by atoms with Crippen molar-refractivity contribution in [3.8, 4) is 11.5 Å². The standard InChI is InChI=1S/C40H39N5O12/c41-39-43-36-27(37(53)44-39)42-18-45(36)25-10-4-1-7-19(25)15-20-16-24-26(29(49)23-9-3-2-8-22(23)28(24)48)34(55-17-21(47)11-14-46)33(20)56-38-32(52)30(50)31(51)35(57-38)40(54)12-5-6-13-40/h1-4,7-10,14,16,21,30-32,35,38,47,50-52,54H,5-6,11-13,15,17-18H2,(H2,41,44,53)/t21-,30-,31-,32+,35-,38-/m1/s1. The van der Waals surface area contributed by atoms with Crippen LogP contribution in [-0.4, -0.2) is 122 Å². The van der Waals surface area contributed by atoms with Gasteiger partial charge in [0, 0.05) is 46.6 Å². The summed E-state index contributed by atoms with van der Waals surface area (Å²) in [6.45, 7) is -0.488. The van der Waals surface area contributed by atoms with Crippen LogP contribution in [0.2, 0.25) is 0 Å². The molecule has 0 bridgehead atoms. The van der Waals surface area contributed by atoms with E-state index in [0.29, 0.717) is 35.3 Å². The zero-order valence-corrected chi connectivity index (χ0v) is 30.3. The molecule has 0 radical (unpaired) electrons. The first-order valence-corrected chi connectivity index (χ1v) is 18.5. The molecule has 7 N–H and O–H groups in total. The number of guanidine groups is 1. The molecule has 3 aliphatic heterocycles. The number of hydrogen-bond acceptors (Lipinski definition) is 14. The highest BCUT2D eigenvalue weighted by Crippen LogP contribution is 2.46. The molecular weight excluding hydrogens is 742 g/mol. The van der Waals surface area contributed by atoms with Crippen molar-refractivity contribution in [2.24, 2.45) is 15.0 Å². The number of aldehydes is 1. The number of nitrogens with zero attached hydrogens (tertiary/aromatic N) is 3. The van der Waals surface area contributed by atoms with E-state index in [1.807, 2.05) is 0 Å². The zero-order chi connectivity index (χ0) is 40.2. The van der Waals surface area contributed by atoms with Gasteiger partial charge in [-0.1, -0.05) is 55.3 Å². The maximum Gasteiger partial charge on any atom is 0.262 e. The van der Waals surface area contributed by atoms with E-state index in [2.05, 4.69) is 15.0 Å². The third-order valence-corrected chi connectivity index (χ3v) is 11.0. The number of ketones is 2. The molecule has 0 spiro atoms. The van der Waals surface area contributed by atoms with E-state index in [0.717, 1.165) is 0 Å². The summed E-state index contributed by atoms with van der Waals surface area (Å²) in [4.78, 5) is 52.5. The molecular formula is C40H39N5O12. The summed E-state index contributed by atoms with van der Waals surface area (Å²) in [5, 5.41) is 76.1. The van der Waals surface area contributed by atoms with Gasteiger partial charge in [-0.05, 0) is 25.0 Å². The molecule has 1 saturated heterocycles. The van der Waals surface area contributed by atoms with Gasteiger partial charge < -0.3 is 49.6 Å². The average molecular weight is 782 g/mol. The van der Waals surface area contributed by atoms with Gasteiger partial charge in [-0.2, -0.15) is 4.99 Å². The maximum atomic E-state index is 14.3. The molecule has 8 rings (SSSR count). The fourth-order valence-electron chi connectivity index (χ4n) is 8.20. The minimum atomic E-state index is -1.89. The highest BCUT2D eigenvalue weighted by molar-refractivity contribution is 6.66. The van der Waals surface area contributed by atoms with Crippen molar-refractivity contribution in [2.45, 2.75) is 80.9 Å². The van der Waals surface area contributed by atoms with Crippen molar-refractivity contribution in [3.63, 3.8) is 0 Å². The Balaban J connectivity index is 1.28. The third-order valence-electron chi connectivity index (χ3n) is 11.0. The molecule has 57 heavy (non-hydrogen) atoms. The monoisotopic (exact) mass is 781 g/mol. The van der Waals surface area contributed by atoms with Crippen LogP contribution in [0.15, 0.2) is 69.6 Å². The van der Waals surface area contributed by atoms with Crippen LogP contribution in [0, 0.1) is 5.41 Å². The van der Waals surface area contributed by atoms with Crippen molar-refractivity contribution in [1.29, 1.82) is 5.41 Å². The van der Waals surface area contributed by atoms with Gasteiger partial charge >= 0.3 is 0 Å². The quantitative estimate of drug-likeness (QED) is 0.0895. The van der Waals surface area contributed by atoms with Gasteiger partial charge in [-0.15, -0.1) is 0 Å². The number of benzene rings is 3. The van der Waals surface area contributed by atoms with E-state index >= 15 is 0 Å². The van der Waals surface area contributed by atoms with E-state index in [1.165, 1.54) is 18.2 Å². The third kappa shape index (κ3) is 6.76. The number of fused-ring (bicyclic) bond motifs is 3. The molecule has 0 aromatic heterocycles. The maximum absolute atomic E-state index is 14.3. The molecule has 7 atom stereocenters. The second kappa shape index (κ2) is 15.1. The minimum absolute atomic E-state index is 0.0172. The fraction of sp³-hybridized carbons (Fsp3) is 0.375. The summed E-state index contributed by atoms with van der Waals surface area (Å²) in [6, 6.07) is 14.7. The van der Waals surface area contributed by atoms with Gasteiger partial charge in [0.2, 0.25) is 12.2 Å². The number of amidine groups is 1. The number of hydrogen-bond donors (Lipinski definition) is 7. The Labute approximate surface area is 324 Å². The molecule has 1 saturated carbocycles. The van der Waals surface area contributed by atoms with Crippen molar-refractivity contribution < 1.29 is 64.1 Å². The highest BCUT2D eigenvalue weighted by Gasteiger charge is 2.54. The smallest absolute Gasteiger partial charge is 0.262 e. The van der Waals surface area contributed by atoms with Crippen LogP contribution in [0.3, 0.4) is 0 Å². The second-order valence-electron chi connectivity index (χ2n) is 14.7. The summed E-state index contributed by atoms with van der Waals surface area (Å²) in [5.74, 6) is -2.65. The first-order valence-electron chi connectivity index (χ1n) is 18.5. The number of aliphatic imine (C=N–C) groups is 3. The van der Waals surface area contributed by atoms with Crippen LogP contribution in [-0.2, 0) is 16.0 Å². The number of quaternary nitrogens is 1. The normalized spacial score (nSPS) is 26.8. The molecule has 5 aliphatic rings. The van der Waals surface area contributed by atoms with Crippen LogP contribution in [0.1, 0.15) is 75.1 Å². The molecule has 17 nitrogen and oxygen atoms in total. The summed E-state index contributed by atoms with van der Waals surface area (Å²) in [7, 11) is 0. The summed E-state index contributed by atoms with van der Waals surface area (Å²) < 4.78 is 18.7. The van der Waals surface area contributed by atoms with E-state index in [1.54, 1.807) is 36.4 Å². The van der Waals surface area contributed by atoms with E-state index in [9.17, 15) is 45.0 Å². The fourth-order valence-corrected chi connectivity index (χ4v) is 8.20. The number of carbonyl (C=O) groups is 3. The van der Waals surface area contributed by atoms with Crippen molar-refractivity contribution in [3.05, 3.63) is 88.0 Å². The molecule has 3 heterocycles. The lowest BCUT2D eigenvalue weighted by molar-refractivity contribution is -0.723. The summed E-state index contributed by atoms with van der Waals surface area (Å²) in [6.07, 6.45) is -8.09. The van der Waals surface area contributed by atoms with Crippen LogP contribution in [0.5, 0.6) is 11.5 Å². The highest BCUT2D eigenvalue weighted by atomic mass is 16.7. The summed E-state index contributed by atoms with van der Waals surface area (Å²) in [5.41, 5.74) is -0.251.